The van der Waals surface area contributed by atoms with Gasteiger partial charge in [-0.1, -0.05) is 0 Å². The van der Waals surface area contributed by atoms with Gasteiger partial charge in [-0.05, 0) is 0 Å². The molecule has 74 valence electrons. The van der Waals surface area contributed by atoms with Crippen LogP contribution < -0.4 is 10.6 Å². The van der Waals surface area contributed by atoms with Crippen molar-refractivity contribution in [3.63, 3.8) is 0 Å². The average molecular weight is 188 g/mol. The smallest absolute Gasteiger partial charge is 0.437 e. The molecule has 0 bridgehead atoms. The van der Waals surface area contributed by atoms with Gasteiger partial charge in [0.1, 0.15) is 6.04 Å². The molecular formula is C7H12N2O4. The summed E-state index contributed by atoms with van der Waals surface area (Å²) in [6.45, 7) is 1.96. The highest BCUT2D eigenvalue weighted by atomic mass is 16.7. The van der Waals surface area contributed by atoms with Crippen molar-refractivity contribution in [2.24, 2.45) is 0 Å². The summed E-state index contributed by atoms with van der Waals surface area (Å²) in [6.07, 6.45) is -0.975. The summed E-state index contributed by atoms with van der Waals surface area (Å²) in [7, 11) is 1.15. The van der Waals surface area contributed by atoms with E-state index in [1.54, 1.807) is 0 Å². The fraction of sp³-hybridized carbons (Fsp3) is 0.714. The molecule has 0 radical (unpaired) electrons. The third-order valence-electron chi connectivity index (χ3n) is 1.68. The highest BCUT2D eigenvalue weighted by Crippen LogP contribution is 1.93. The van der Waals surface area contributed by atoms with E-state index in [2.05, 4.69) is 20.1 Å². The first-order valence-electron chi connectivity index (χ1n) is 3.98. The summed E-state index contributed by atoms with van der Waals surface area (Å²) >= 11 is 0. The van der Waals surface area contributed by atoms with E-state index in [0.29, 0.717) is 13.1 Å². The van der Waals surface area contributed by atoms with Crippen molar-refractivity contribution in [3.8, 4) is 0 Å². The van der Waals surface area contributed by atoms with E-state index in [9.17, 15) is 9.59 Å². The monoisotopic (exact) mass is 188 g/mol. The second-order valence-corrected chi connectivity index (χ2v) is 2.59. The molecule has 1 heterocycles. The number of hydrogen-bond acceptors (Lipinski definition) is 6. The summed E-state index contributed by atoms with van der Waals surface area (Å²) in [5.41, 5.74) is 0. The Hall–Kier alpha value is -1.14. The molecule has 0 aromatic rings. The number of esters is 1. The Morgan fingerprint density at radius 1 is 1.38 bits per heavy atom. The molecule has 1 rings (SSSR count). The van der Waals surface area contributed by atoms with Crippen molar-refractivity contribution in [2.45, 2.75) is 6.04 Å². The van der Waals surface area contributed by atoms with E-state index >= 15 is 0 Å². The molecular weight excluding hydrogens is 176 g/mol. The molecule has 1 aliphatic rings. The lowest BCUT2D eigenvalue weighted by molar-refractivity contribution is -0.142. The molecule has 1 aliphatic heterocycles. The van der Waals surface area contributed by atoms with Crippen LogP contribution in [0.4, 0.5) is 4.79 Å². The maximum Gasteiger partial charge on any atom is 0.515 e. The fourth-order valence-electron chi connectivity index (χ4n) is 1.01. The highest BCUT2D eigenvalue weighted by Gasteiger charge is 2.24. The maximum absolute atomic E-state index is 11.1. The standard InChI is InChI=1S/C7H12N2O4/c1-12-7(11)13-6(10)5-4-8-2-3-9-5/h5,8-9H,2-4H2,1H3. The minimum Gasteiger partial charge on any atom is -0.437 e. The van der Waals surface area contributed by atoms with E-state index < -0.39 is 18.2 Å². The molecule has 0 aromatic heterocycles. The SMILES string of the molecule is COC(=O)OC(=O)C1CNCCN1. The zero-order chi connectivity index (χ0) is 9.68. The van der Waals surface area contributed by atoms with Crippen molar-refractivity contribution in [2.75, 3.05) is 26.7 Å². The molecule has 0 aliphatic carbocycles. The molecule has 0 spiro atoms. The van der Waals surface area contributed by atoms with Gasteiger partial charge in [0.05, 0.1) is 7.11 Å². The normalized spacial score (nSPS) is 22.1. The van der Waals surface area contributed by atoms with Gasteiger partial charge in [-0.2, -0.15) is 0 Å². The summed E-state index contributed by atoms with van der Waals surface area (Å²) in [5, 5.41) is 5.90. The van der Waals surface area contributed by atoms with Crippen LogP contribution in [0.2, 0.25) is 0 Å². The molecule has 0 amide bonds. The van der Waals surface area contributed by atoms with Crippen molar-refractivity contribution in [1.29, 1.82) is 0 Å². The second kappa shape index (κ2) is 4.78. The fourth-order valence-corrected chi connectivity index (χ4v) is 1.01. The lowest BCUT2D eigenvalue weighted by atomic mass is 10.2. The summed E-state index contributed by atoms with van der Waals surface area (Å²) in [6, 6.07) is -0.465. The third kappa shape index (κ3) is 3.00. The van der Waals surface area contributed by atoms with Crippen LogP contribution in [0.3, 0.4) is 0 Å². The Kier molecular flexibility index (Phi) is 3.66. The lowest BCUT2D eigenvalue weighted by Crippen LogP contribution is -2.53. The van der Waals surface area contributed by atoms with Crippen LogP contribution in [0, 0.1) is 0 Å². The summed E-state index contributed by atoms with van der Waals surface area (Å²) in [5.74, 6) is -0.612. The molecule has 6 nitrogen and oxygen atoms in total. The maximum atomic E-state index is 11.1. The Morgan fingerprint density at radius 3 is 2.69 bits per heavy atom. The number of hydrogen-bond donors (Lipinski definition) is 2. The van der Waals surface area contributed by atoms with Gasteiger partial charge in [0, 0.05) is 19.6 Å². The number of piperazine rings is 1. The molecule has 1 saturated heterocycles. The number of nitrogens with one attached hydrogen (secondary N) is 2. The van der Waals surface area contributed by atoms with E-state index in [1.807, 2.05) is 0 Å². The van der Waals surface area contributed by atoms with Gasteiger partial charge in [0.15, 0.2) is 0 Å². The Balaban J connectivity index is 2.33. The quantitative estimate of drug-likeness (QED) is 0.400. The second-order valence-electron chi connectivity index (χ2n) is 2.59. The van der Waals surface area contributed by atoms with Gasteiger partial charge in [0.25, 0.3) is 0 Å². The Morgan fingerprint density at radius 2 is 2.15 bits per heavy atom. The van der Waals surface area contributed by atoms with Crippen molar-refractivity contribution < 1.29 is 19.1 Å². The van der Waals surface area contributed by atoms with E-state index in [-0.39, 0.29) is 0 Å². The van der Waals surface area contributed by atoms with Crippen LogP contribution in [0.25, 0.3) is 0 Å². The molecule has 1 unspecified atom stereocenters. The minimum absolute atomic E-state index is 0.465. The first-order valence-corrected chi connectivity index (χ1v) is 3.98. The van der Waals surface area contributed by atoms with Gasteiger partial charge in [-0.25, -0.2) is 9.59 Å². The number of rotatable bonds is 1. The van der Waals surface area contributed by atoms with Crippen LogP contribution in [0.1, 0.15) is 0 Å². The van der Waals surface area contributed by atoms with Crippen LogP contribution in [0.5, 0.6) is 0 Å². The summed E-state index contributed by atoms with van der Waals surface area (Å²) < 4.78 is 8.52. The van der Waals surface area contributed by atoms with Gasteiger partial charge in [-0.15, -0.1) is 0 Å². The van der Waals surface area contributed by atoms with E-state index in [1.165, 1.54) is 0 Å². The topological polar surface area (TPSA) is 76.7 Å². The predicted molar refractivity (Wildman–Crippen MR) is 43.2 cm³/mol. The zero-order valence-corrected chi connectivity index (χ0v) is 7.33. The largest absolute Gasteiger partial charge is 0.515 e. The average Bonchev–Trinajstić information content (AvgIpc) is 2.19. The third-order valence-corrected chi connectivity index (χ3v) is 1.68. The van der Waals surface area contributed by atoms with Crippen LogP contribution in [-0.4, -0.2) is 44.9 Å². The van der Waals surface area contributed by atoms with Gasteiger partial charge >= 0.3 is 12.1 Å². The van der Waals surface area contributed by atoms with Gasteiger partial charge < -0.3 is 20.1 Å². The molecule has 13 heavy (non-hydrogen) atoms. The number of ether oxygens (including phenoxy) is 2. The summed E-state index contributed by atoms with van der Waals surface area (Å²) in [4.78, 5) is 21.7. The van der Waals surface area contributed by atoms with Gasteiger partial charge in [0.2, 0.25) is 0 Å². The first-order chi connectivity index (χ1) is 6.24. The highest BCUT2D eigenvalue weighted by molar-refractivity contribution is 5.85. The van der Waals surface area contributed by atoms with E-state index in [4.69, 9.17) is 0 Å². The van der Waals surface area contributed by atoms with Crippen LogP contribution in [-0.2, 0) is 14.3 Å². The number of methoxy groups -OCH3 is 1. The zero-order valence-electron chi connectivity index (χ0n) is 7.33. The number of carbonyl (C=O) groups is 2. The van der Waals surface area contributed by atoms with Crippen LogP contribution >= 0.6 is 0 Å². The molecule has 0 aromatic carbocycles. The minimum atomic E-state index is -0.975. The molecule has 2 N–H and O–H groups in total. The molecule has 0 saturated carbocycles. The lowest BCUT2D eigenvalue weighted by Gasteiger charge is -2.21. The predicted octanol–water partition coefficient (Wildman–Crippen LogP) is -1.14. The number of carbonyl (C=O) groups excluding carboxylic acids is 2. The first kappa shape index (κ1) is 9.94. The molecule has 1 atom stereocenters. The Bertz CT molecular complexity index is 201. The van der Waals surface area contributed by atoms with Crippen LogP contribution in [0.15, 0.2) is 0 Å². The molecule has 1 fully saturated rings. The van der Waals surface area contributed by atoms with E-state index in [0.717, 1.165) is 13.7 Å². The Labute approximate surface area is 75.6 Å². The van der Waals surface area contributed by atoms with Crippen molar-refractivity contribution >= 4 is 12.1 Å². The molecule has 6 heteroatoms. The van der Waals surface area contributed by atoms with Gasteiger partial charge in [-0.3, -0.25) is 0 Å². The van der Waals surface area contributed by atoms with Crippen molar-refractivity contribution in [1.82, 2.24) is 10.6 Å². The van der Waals surface area contributed by atoms with Crippen molar-refractivity contribution in [3.05, 3.63) is 0 Å².